The van der Waals surface area contributed by atoms with Gasteiger partial charge in [0.2, 0.25) is 5.91 Å². The van der Waals surface area contributed by atoms with E-state index in [1.165, 1.54) is 0 Å². The number of hydrogen-bond acceptors (Lipinski definition) is 6. The fourth-order valence-corrected chi connectivity index (χ4v) is 3.36. The lowest BCUT2D eigenvalue weighted by Crippen LogP contribution is -2.51. The summed E-state index contributed by atoms with van der Waals surface area (Å²) in [6.45, 7) is 4.21. The van der Waals surface area contributed by atoms with E-state index in [0.29, 0.717) is 58.5 Å². The van der Waals surface area contributed by atoms with E-state index in [1.807, 2.05) is 4.90 Å². The van der Waals surface area contributed by atoms with Crippen LogP contribution in [0.4, 0.5) is 24.5 Å². The smallest absolute Gasteiger partial charge is 0.378 e. The molecule has 0 bridgehead atoms. The molecule has 0 radical (unpaired) electrons. The summed E-state index contributed by atoms with van der Waals surface area (Å²) >= 11 is 0. The van der Waals surface area contributed by atoms with Crippen LogP contribution in [-0.2, 0) is 15.7 Å². The number of hydrogen-bond donors (Lipinski definition) is 0. The van der Waals surface area contributed by atoms with Crippen LogP contribution in [0.1, 0.15) is 5.56 Å². The molecule has 0 atom stereocenters. The normalized spacial score (nSPS) is 19.0. The van der Waals surface area contributed by atoms with Crippen molar-refractivity contribution in [2.24, 2.45) is 0 Å². The minimum Gasteiger partial charge on any atom is -0.378 e. The van der Waals surface area contributed by atoms with Crippen LogP contribution in [0.15, 0.2) is 18.2 Å². The Labute approximate surface area is 159 Å². The minimum absolute atomic E-state index is 0.0114. The largest absolute Gasteiger partial charge is 0.416 e. The van der Waals surface area contributed by atoms with Gasteiger partial charge in [-0.05, 0) is 12.1 Å². The summed E-state index contributed by atoms with van der Waals surface area (Å²) in [5.74, 6) is 0.0114. The van der Waals surface area contributed by atoms with Gasteiger partial charge in [-0.2, -0.15) is 13.2 Å². The molecule has 1 aromatic carbocycles. The average Bonchev–Trinajstić information content (AvgIpc) is 2.68. The van der Waals surface area contributed by atoms with Gasteiger partial charge < -0.3 is 14.5 Å². The first-order valence-electron chi connectivity index (χ1n) is 8.94. The highest BCUT2D eigenvalue weighted by Crippen LogP contribution is 2.36. The molecule has 1 amide bonds. The average molecular weight is 402 g/mol. The molecule has 8 nitrogen and oxygen atoms in total. The van der Waals surface area contributed by atoms with Crippen molar-refractivity contribution in [3.63, 3.8) is 0 Å². The van der Waals surface area contributed by atoms with Gasteiger partial charge in [0, 0.05) is 45.3 Å². The van der Waals surface area contributed by atoms with Gasteiger partial charge in [0.25, 0.3) is 5.69 Å². The van der Waals surface area contributed by atoms with Crippen molar-refractivity contribution in [1.82, 2.24) is 9.80 Å². The van der Waals surface area contributed by atoms with Crippen molar-refractivity contribution >= 4 is 17.3 Å². The fourth-order valence-electron chi connectivity index (χ4n) is 3.36. The Bertz CT molecular complexity index is 730. The van der Waals surface area contributed by atoms with Gasteiger partial charge in [0.15, 0.2) is 0 Å². The quantitative estimate of drug-likeness (QED) is 0.562. The van der Waals surface area contributed by atoms with Crippen molar-refractivity contribution in [1.29, 1.82) is 0 Å². The van der Waals surface area contributed by atoms with Gasteiger partial charge in [-0.3, -0.25) is 19.8 Å². The second-order valence-electron chi connectivity index (χ2n) is 6.71. The van der Waals surface area contributed by atoms with E-state index >= 15 is 0 Å². The van der Waals surface area contributed by atoms with Crippen molar-refractivity contribution in [2.75, 3.05) is 63.9 Å². The third-order valence-electron chi connectivity index (χ3n) is 4.94. The summed E-state index contributed by atoms with van der Waals surface area (Å²) in [4.78, 5) is 28.2. The maximum Gasteiger partial charge on any atom is 0.416 e. The SMILES string of the molecule is O=C(CN1CCN(c2ccc(C(F)(F)F)cc2[N+](=O)[O-])CC1)N1CCOCC1. The molecular formula is C17H21F3N4O4. The molecule has 28 heavy (non-hydrogen) atoms. The van der Waals surface area contributed by atoms with Crippen LogP contribution in [-0.4, -0.2) is 79.7 Å². The zero-order valence-electron chi connectivity index (χ0n) is 15.2. The number of amides is 1. The lowest BCUT2D eigenvalue weighted by atomic mass is 10.1. The number of rotatable bonds is 4. The lowest BCUT2D eigenvalue weighted by molar-refractivity contribution is -0.384. The molecule has 0 unspecified atom stereocenters. The molecule has 0 N–H and O–H groups in total. The molecule has 0 aliphatic carbocycles. The molecule has 1 aromatic rings. The van der Waals surface area contributed by atoms with E-state index in [-0.39, 0.29) is 18.1 Å². The second kappa shape index (κ2) is 8.31. The number of morpholine rings is 1. The Hall–Kier alpha value is -2.40. The highest BCUT2D eigenvalue weighted by molar-refractivity contribution is 5.78. The van der Waals surface area contributed by atoms with Crippen LogP contribution in [0.2, 0.25) is 0 Å². The van der Waals surface area contributed by atoms with E-state index < -0.39 is 22.4 Å². The Morgan fingerprint density at radius 1 is 1.11 bits per heavy atom. The predicted molar refractivity (Wildman–Crippen MR) is 94.2 cm³/mol. The third kappa shape index (κ3) is 4.71. The first-order chi connectivity index (χ1) is 13.3. The standard InChI is InChI=1S/C17H21F3N4O4/c18-17(19,20)13-1-2-14(15(11-13)24(26)27)22-5-3-21(4-6-22)12-16(25)23-7-9-28-10-8-23/h1-2,11H,3-10,12H2. The molecule has 0 saturated carbocycles. The number of nitro benzene ring substituents is 1. The predicted octanol–water partition coefficient (Wildman–Crippen LogP) is 1.59. The summed E-state index contributed by atoms with van der Waals surface area (Å²) in [6, 6.07) is 2.58. The number of carbonyl (C=O) groups excluding carboxylic acids is 1. The Morgan fingerprint density at radius 3 is 2.32 bits per heavy atom. The van der Waals surface area contributed by atoms with E-state index in [1.54, 1.807) is 9.80 Å². The number of carbonyl (C=O) groups is 1. The van der Waals surface area contributed by atoms with Crippen molar-refractivity contribution in [3.8, 4) is 0 Å². The van der Waals surface area contributed by atoms with Crippen LogP contribution in [0.5, 0.6) is 0 Å². The molecule has 0 aromatic heterocycles. The fraction of sp³-hybridized carbons (Fsp3) is 0.588. The van der Waals surface area contributed by atoms with Gasteiger partial charge in [-0.15, -0.1) is 0 Å². The number of alkyl halides is 3. The van der Waals surface area contributed by atoms with E-state index in [0.717, 1.165) is 12.1 Å². The maximum absolute atomic E-state index is 12.8. The Kier molecular flexibility index (Phi) is 6.04. The Morgan fingerprint density at radius 2 is 1.75 bits per heavy atom. The summed E-state index contributed by atoms with van der Waals surface area (Å²) < 4.78 is 43.8. The zero-order valence-corrected chi connectivity index (χ0v) is 15.2. The number of piperazine rings is 1. The summed E-state index contributed by atoms with van der Waals surface area (Å²) in [5, 5.41) is 11.3. The molecule has 2 aliphatic rings. The van der Waals surface area contributed by atoms with Crippen molar-refractivity contribution in [2.45, 2.75) is 6.18 Å². The van der Waals surface area contributed by atoms with Crippen LogP contribution in [0.25, 0.3) is 0 Å². The number of nitro groups is 1. The van der Waals surface area contributed by atoms with Crippen LogP contribution in [0.3, 0.4) is 0 Å². The van der Waals surface area contributed by atoms with Gasteiger partial charge in [0.1, 0.15) is 5.69 Å². The molecule has 2 heterocycles. The van der Waals surface area contributed by atoms with Gasteiger partial charge in [-0.1, -0.05) is 0 Å². The summed E-state index contributed by atoms with van der Waals surface area (Å²) in [6.07, 6.45) is -4.64. The van der Waals surface area contributed by atoms with Crippen LogP contribution in [0, 0.1) is 10.1 Å². The van der Waals surface area contributed by atoms with Gasteiger partial charge in [0.05, 0.1) is 30.2 Å². The number of benzene rings is 1. The topological polar surface area (TPSA) is 79.2 Å². The molecule has 2 saturated heterocycles. The van der Waals surface area contributed by atoms with Gasteiger partial charge in [-0.25, -0.2) is 0 Å². The maximum atomic E-state index is 12.8. The Balaban J connectivity index is 1.63. The number of nitrogens with zero attached hydrogens (tertiary/aromatic N) is 4. The third-order valence-corrected chi connectivity index (χ3v) is 4.94. The van der Waals surface area contributed by atoms with Crippen LogP contribution < -0.4 is 4.90 Å². The van der Waals surface area contributed by atoms with Crippen LogP contribution >= 0.6 is 0 Å². The first-order valence-corrected chi connectivity index (χ1v) is 8.94. The number of anilines is 1. The zero-order chi connectivity index (χ0) is 20.3. The number of ether oxygens (including phenoxy) is 1. The second-order valence-corrected chi connectivity index (χ2v) is 6.71. The molecule has 11 heteroatoms. The van der Waals surface area contributed by atoms with Crippen molar-refractivity contribution in [3.05, 3.63) is 33.9 Å². The van der Waals surface area contributed by atoms with Gasteiger partial charge >= 0.3 is 6.18 Å². The molecule has 154 valence electrons. The van der Waals surface area contributed by atoms with E-state index in [9.17, 15) is 28.1 Å². The highest BCUT2D eigenvalue weighted by Gasteiger charge is 2.34. The molecule has 2 fully saturated rings. The molecule has 2 aliphatic heterocycles. The van der Waals surface area contributed by atoms with E-state index in [4.69, 9.17) is 4.74 Å². The number of halogens is 3. The summed E-state index contributed by atoms with van der Waals surface area (Å²) in [7, 11) is 0. The summed E-state index contributed by atoms with van der Waals surface area (Å²) in [5.41, 5.74) is -1.44. The van der Waals surface area contributed by atoms with E-state index in [2.05, 4.69) is 0 Å². The monoisotopic (exact) mass is 402 g/mol. The molecule has 3 rings (SSSR count). The minimum atomic E-state index is -4.64. The molecule has 0 spiro atoms. The lowest BCUT2D eigenvalue weighted by Gasteiger charge is -2.36. The molecular weight excluding hydrogens is 381 g/mol. The first kappa shape index (κ1) is 20.3. The van der Waals surface area contributed by atoms with Crippen molar-refractivity contribution < 1.29 is 27.6 Å². The highest BCUT2D eigenvalue weighted by atomic mass is 19.4.